The van der Waals surface area contributed by atoms with Crippen LogP contribution in [0.15, 0.2) is 24.3 Å². The number of benzene rings is 1. The average molecular weight is 220 g/mol. The van der Waals surface area contributed by atoms with E-state index in [0.29, 0.717) is 13.2 Å². The lowest BCUT2D eigenvalue weighted by Crippen LogP contribution is -2.29. The summed E-state index contributed by atoms with van der Waals surface area (Å²) in [7, 11) is 0. The smallest absolute Gasteiger partial charge is 0.304 e. The Kier molecular flexibility index (Phi) is 2.97. The third kappa shape index (κ3) is 2.09. The van der Waals surface area contributed by atoms with Crippen molar-refractivity contribution in [1.82, 2.24) is 0 Å². The molecule has 2 rings (SSSR count). The minimum Gasteiger partial charge on any atom is -0.481 e. The second-order valence-electron chi connectivity index (χ2n) is 4.52. The first-order valence-corrected chi connectivity index (χ1v) is 5.49. The first-order chi connectivity index (χ1) is 7.62. The molecule has 1 aliphatic rings. The number of carboxylic acids is 1. The predicted molar refractivity (Wildman–Crippen MR) is 60.5 cm³/mol. The van der Waals surface area contributed by atoms with Crippen LogP contribution < -0.4 is 0 Å². The molecule has 3 heteroatoms. The second-order valence-corrected chi connectivity index (χ2v) is 4.52. The molecule has 1 heterocycles. The fourth-order valence-corrected chi connectivity index (χ4v) is 2.27. The van der Waals surface area contributed by atoms with E-state index in [-0.39, 0.29) is 11.8 Å². The highest BCUT2D eigenvalue weighted by Crippen LogP contribution is 2.36. The maximum atomic E-state index is 10.9. The van der Waals surface area contributed by atoms with Crippen LogP contribution in [-0.4, -0.2) is 24.3 Å². The molecule has 0 amide bonds. The lowest BCUT2D eigenvalue weighted by Gasteiger charge is -2.26. The Morgan fingerprint density at radius 2 is 2.12 bits per heavy atom. The van der Waals surface area contributed by atoms with Gasteiger partial charge in [0.25, 0.3) is 0 Å². The summed E-state index contributed by atoms with van der Waals surface area (Å²) < 4.78 is 5.38. The SMILES string of the molecule is Cc1ccc(C2(CC(=O)O)CCOC2)cc1. The number of rotatable bonds is 3. The van der Waals surface area contributed by atoms with Gasteiger partial charge in [-0.15, -0.1) is 0 Å². The van der Waals surface area contributed by atoms with Gasteiger partial charge in [-0.2, -0.15) is 0 Å². The topological polar surface area (TPSA) is 46.5 Å². The van der Waals surface area contributed by atoms with Gasteiger partial charge in [-0.3, -0.25) is 4.79 Å². The van der Waals surface area contributed by atoms with Crippen molar-refractivity contribution in [3.05, 3.63) is 35.4 Å². The van der Waals surface area contributed by atoms with Crippen LogP contribution in [0.25, 0.3) is 0 Å². The van der Waals surface area contributed by atoms with E-state index < -0.39 is 5.97 Å². The summed E-state index contributed by atoms with van der Waals surface area (Å²) in [4.78, 5) is 10.9. The third-order valence-corrected chi connectivity index (χ3v) is 3.26. The minimum absolute atomic E-state index is 0.149. The van der Waals surface area contributed by atoms with Crippen molar-refractivity contribution < 1.29 is 14.6 Å². The molecule has 86 valence electrons. The Bertz CT molecular complexity index is 375. The predicted octanol–water partition coefficient (Wildman–Crippen LogP) is 2.13. The van der Waals surface area contributed by atoms with Crippen LogP contribution in [0.2, 0.25) is 0 Å². The number of carboxylic acid groups (broad SMARTS) is 1. The first-order valence-electron chi connectivity index (χ1n) is 5.49. The fraction of sp³-hybridized carbons (Fsp3) is 0.462. The van der Waals surface area contributed by atoms with Crippen molar-refractivity contribution in [3.8, 4) is 0 Å². The molecule has 3 nitrogen and oxygen atoms in total. The van der Waals surface area contributed by atoms with Crippen molar-refractivity contribution in [2.75, 3.05) is 13.2 Å². The standard InChI is InChI=1S/C13H16O3/c1-10-2-4-11(5-3-10)13(8-12(14)15)6-7-16-9-13/h2-5H,6-9H2,1H3,(H,14,15). The molecule has 1 saturated heterocycles. The van der Waals surface area contributed by atoms with Crippen LogP contribution in [0, 0.1) is 6.92 Å². The van der Waals surface area contributed by atoms with Gasteiger partial charge < -0.3 is 9.84 Å². The van der Waals surface area contributed by atoms with E-state index in [1.54, 1.807) is 0 Å². The average Bonchev–Trinajstić information content (AvgIpc) is 2.67. The molecule has 0 spiro atoms. The number of aryl methyl sites for hydroxylation is 1. The van der Waals surface area contributed by atoms with Crippen molar-refractivity contribution in [3.63, 3.8) is 0 Å². The quantitative estimate of drug-likeness (QED) is 0.848. The molecule has 0 aromatic heterocycles. The van der Waals surface area contributed by atoms with Crippen LogP contribution in [0.3, 0.4) is 0 Å². The van der Waals surface area contributed by atoms with Crippen LogP contribution in [0.4, 0.5) is 0 Å². The molecule has 0 aliphatic carbocycles. The van der Waals surface area contributed by atoms with Gasteiger partial charge in [0.2, 0.25) is 0 Å². The number of hydrogen-bond donors (Lipinski definition) is 1. The van der Waals surface area contributed by atoms with Crippen LogP contribution in [0.1, 0.15) is 24.0 Å². The number of hydrogen-bond acceptors (Lipinski definition) is 2. The summed E-state index contributed by atoms with van der Waals surface area (Å²) in [6.07, 6.45) is 0.943. The largest absolute Gasteiger partial charge is 0.481 e. The Morgan fingerprint density at radius 1 is 1.44 bits per heavy atom. The summed E-state index contributed by atoms with van der Waals surface area (Å²) in [6.45, 7) is 3.20. The molecule has 16 heavy (non-hydrogen) atoms. The summed E-state index contributed by atoms with van der Waals surface area (Å²) in [5.41, 5.74) is 1.95. The summed E-state index contributed by atoms with van der Waals surface area (Å²) >= 11 is 0. The fourth-order valence-electron chi connectivity index (χ4n) is 2.27. The molecule has 0 radical (unpaired) electrons. The zero-order chi connectivity index (χ0) is 11.6. The Balaban J connectivity index is 2.31. The second kappa shape index (κ2) is 4.26. The molecule has 1 unspecified atom stereocenters. The number of carbonyl (C=O) groups is 1. The molecule has 1 fully saturated rings. The number of ether oxygens (including phenoxy) is 1. The van der Waals surface area contributed by atoms with Crippen LogP contribution in [0.5, 0.6) is 0 Å². The van der Waals surface area contributed by atoms with E-state index >= 15 is 0 Å². The van der Waals surface area contributed by atoms with Crippen molar-refractivity contribution in [2.45, 2.75) is 25.2 Å². The number of aliphatic carboxylic acids is 1. The van der Waals surface area contributed by atoms with E-state index in [0.717, 1.165) is 12.0 Å². The monoisotopic (exact) mass is 220 g/mol. The van der Waals surface area contributed by atoms with Gasteiger partial charge in [0, 0.05) is 12.0 Å². The molecule has 0 saturated carbocycles. The van der Waals surface area contributed by atoms with Crippen molar-refractivity contribution in [1.29, 1.82) is 0 Å². The van der Waals surface area contributed by atoms with Crippen LogP contribution >= 0.6 is 0 Å². The lowest BCUT2D eigenvalue weighted by molar-refractivity contribution is -0.138. The molecular weight excluding hydrogens is 204 g/mol. The first kappa shape index (κ1) is 11.1. The van der Waals surface area contributed by atoms with Crippen molar-refractivity contribution >= 4 is 5.97 Å². The summed E-state index contributed by atoms with van der Waals surface area (Å²) in [5, 5.41) is 9.00. The van der Waals surface area contributed by atoms with Crippen molar-refractivity contribution in [2.24, 2.45) is 0 Å². The maximum Gasteiger partial charge on any atom is 0.304 e. The normalized spacial score (nSPS) is 24.6. The highest BCUT2D eigenvalue weighted by Gasteiger charge is 2.38. The van der Waals surface area contributed by atoms with Gasteiger partial charge in [-0.1, -0.05) is 29.8 Å². The van der Waals surface area contributed by atoms with Gasteiger partial charge in [-0.25, -0.2) is 0 Å². The molecule has 0 bridgehead atoms. The zero-order valence-electron chi connectivity index (χ0n) is 9.40. The summed E-state index contributed by atoms with van der Waals surface area (Å²) in [6, 6.07) is 8.09. The molecule has 1 aromatic rings. The van der Waals surface area contributed by atoms with E-state index in [1.807, 2.05) is 31.2 Å². The summed E-state index contributed by atoms with van der Waals surface area (Å²) in [5.74, 6) is -0.758. The zero-order valence-corrected chi connectivity index (χ0v) is 9.40. The highest BCUT2D eigenvalue weighted by atomic mass is 16.5. The maximum absolute atomic E-state index is 10.9. The Hall–Kier alpha value is -1.35. The van der Waals surface area contributed by atoms with Gasteiger partial charge in [0.15, 0.2) is 0 Å². The van der Waals surface area contributed by atoms with Gasteiger partial charge in [0.1, 0.15) is 0 Å². The van der Waals surface area contributed by atoms with Crippen LogP contribution in [-0.2, 0) is 14.9 Å². The molecule has 1 atom stereocenters. The molecule has 1 aliphatic heterocycles. The molecule has 1 aromatic carbocycles. The lowest BCUT2D eigenvalue weighted by atomic mass is 9.77. The Labute approximate surface area is 95.0 Å². The van der Waals surface area contributed by atoms with Gasteiger partial charge in [0.05, 0.1) is 13.0 Å². The Morgan fingerprint density at radius 3 is 2.62 bits per heavy atom. The van der Waals surface area contributed by atoms with E-state index in [4.69, 9.17) is 9.84 Å². The minimum atomic E-state index is -0.758. The van der Waals surface area contributed by atoms with Gasteiger partial charge >= 0.3 is 5.97 Å². The third-order valence-electron chi connectivity index (χ3n) is 3.26. The van der Waals surface area contributed by atoms with E-state index in [2.05, 4.69) is 0 Å². The highest BCUT2D eigenvalue weighted by molar-refractivity contribution is 5.69. The van der Waals surface area contributed by atoms with Gasteiger partial charge in [-0.05, 0) is 18.9 Å². The van der Waals surface area contributed by atoms with E-state index in [9.17, 15) is 4.79 Å². The molecule has 1 N–H and O–H groups in total. The molecular formula is C13H16O3. The van der Waals surface area contributed by atoms with E-state index in [1.165, 1.54) is 5.56 Å².